The van der Waals surface area contributed by atoms with Crippen LogP contribution in [0.15, 0.2) is 17.5 Å². The number of likely N-dealkylation sites (tertiary alicyclic amines) is 1. The van der Waals surface area contributed by atoms with Crippen LogP contribution in [0.2, 0.25) is 0 Å². The standard InChI is InChI=1S/C18H22N2O2S2/c1-11(2)17-19-12(3)16(24-17)18(22)20-8-4-6-13(10-20)15(21)14-7-5-9-23-14/h5,7,9,11,13H,4,6,8,10H2,1-3H3. The van der Waals surface area contributed by atoms with Crippen LogP contribution in [0.1, 0.15) is 62.7 Å². The lowest BCUT2D eigenvalue weighted by atomic mass is 9.93. The Morgan fingerprint density at radius 1 is 1.38 bits per heavy atom. The third kappa shape index (κ3) is 3.44. The second-order valence-electron chi connectivity index (χ2n) is 6.55. The van der Waals surface area contributed by atoms with Gasteiger partial charge in [-0.05, 0) is 31.2 Å². The van der Waals surface area contributed by atoms with Gasteiger partial charge in [0.2, 0.25) is 0 Å². The molecule has 0 aromatic carbocycles. The summed E-state index contributed by atoms with van der Waals surface area (Å²) in [4.78, 5) is 33.4. The molecule has 0 N–H and O–H groups in total. The zero-order valence-corrected chi connectivity index (χ0v) is 15.9. The van der Waals surface area contributed by atoms with Gasteiger partial charge in [-0.2, -0.15) is 0 Å². The van der Waals surface area contributed by atoms with Crippen molar-refractivity contribution in [3.05, 3.63) is 38.0 Å². The van der Waals surface area contributed by atoms with E-state index >= 15 is 0 Å². The van der Waals surface area contributed by atoms with Crippen LogP contribution in [0.4, 0.5) is 0 Å². The van der Waals surface area contributed by atoms with Gasteiger partial charge in [0.1, 0.15) is 4.88 Å². The molecule has 1 amide bonds. The van der Waals surface area contributed by atoms with Crippen molar-refractivity contribution in [2.24, 2.45) is 5.92 Å². The number of rotatable bonds is 4. The Hall–Kier alpha value is -1.53. The highest BCUT2D eigenvalue weighted by Crippen LogP contribution is 2.28. The van der Waals surface area contributed by atoms with Crippen molar-refractivity contribution in [1.29, 1.82) is 0 Å². The number of aryl methyl sites for hydroxylation is 1. The van der Waals surface area contributed by atoms with Crippen LogP contribution < -0.4 is 0 Å². The number of thiophene rings is 1. The van der Waals surface area contributed by atoms with Gasteiger partial charge in [0.15, 0.2) is 5.78 Å². The van der Waals surface area contributed by atoms with Gasteiger partial charge in [-0.15, -0.1) is 22.7 Å². The molecule has 1 fully saturated rings. The largest absolute Gasteiger partial charge is 0.337 e. The van der Waals surface area contributed by atoms with Crippen LogP contribution in [0, 0.1) is 12.8 Å². The zero-order valence-electron chi connectivity index (χ0n) is 14.2. The molecule has 1 atom stereocenters. The molecule has 1 aliphatic rings. The average molecular weight is 363 g/mol. The quantitative estimate of drug-likeness (QED) is 0.759. The van der Waals surface area contributed by atoms with Crippen molar-refractivity contribution in [1.82, 2.24) is 9.88 Å². The summed E-state index contributed by atoms with van der Waals surface area (Å²) in [5.41, 5.74) is 0.806. The van der Waals surface area contributed by atoms with Gasteiger partial charge in [0.05, 0.1) is 15.6 Å². The second kappa shape index (κ2) is 7.15. The lowest BCUT2D eigenvalue weighted by Crippen LogP contribution is -2.42. The fourth-order valence-corrected chi connectivity index (χ4v) is 4.78. The number of hydrogen-bond acceptors (Lipinski definition) is 5. The molecule has 0 bridgehead atoms. The van der Waals surface area contributed by atoms with Crippen molar-refractivity contribution < 1.29 is 9.59 Å². The van der Waals surface area contributed by atoms with Crippen LogP contribution in [0.3, 0.4) is 0 Å². The lowest BCUT2D eigenvalue weighted by Gasteiger charge is -2.31. The lowest BCUT2D eigenvalue weighted by molar-refractivity contribution is 0.0641. The Kier molecular flexibility index (Phi) is 5.15. The molecule has 2 aromatic rings. The number of aromatic nitrogens is 1. The molecular weight excluding hydrogens is 340 g/mol. The average Bonchev–Trinajstić information content (AvgIpc) is 3.23. The maximum Gasteiger partial charge on any atom is 0.265 e. The molecule has 128 valence electrons. The maximum atomic E-state index is 12.9. The third-order valence-electron chi connectivity index (χ3n) is 4.34. The molecule has 2 aromatic heterocycles. The highest BCUT2D eigenvalue weighted by atomic mass is 32.1. The topological polar surface area (TPSA) is 50.3 Å². The Balaban J connectivity index is 1.75. The molecule has 3 rings (SSSR count). The summed E-state index contributed by atoms with van der Waals surface area (Å²) in [5.74, 6) is 0.441. The Labute approximate surface area is 150 Å². The number of thiazole rings is 1. The number of carbonyl (C=O) groups is 2. The van der Waals surface area contributed by atoms with E-state index in [2.05, 4.69) is 18.8 Å². The van der Waals surface area contributed by atoms with Gasteiger partial charge in [0, 0.05) is 24.9 Å². The minimum atomic E-state index is -0.0841. The molecule has 0 aliphatic carbocycles. The van der Waals surface area contributed by atoms with Gasteiger partial charge >= 0.3 is 0 Å². The maximum absolute atomic E-state index is 12.9. The van der Waals surface area contributed by atoms with E-state index < -0.39 is 0 Å². The third-order valence-corrected chi connectivity index (χ3v) is 6.68. The van der Waals surface area contributed by atoms with Crippen LogP contribution in [-0.4, -0.2) is 34.7 Å². The summed E-state index contributed by atoms with van der Waals surface area (Å²) in [6.45, 7) is 7.31. The summed E-state index contributed by atoms with van der Waals surface area (Å²) < 4.78 is 0. The molecule has 0 saturated carbocycles. The molecule has 3 heterocycles. The highest BCUT2D eigenvalue weighted by molar-refractivity contribution is 7.14. The minimum Gasteiger partial charge on any atom is -0.337 e. The summed E-state index contributed by atoms with van der Waals surface area (Å²) in [6, 6.07) is 3.77. The molecule has 6 heteroatoms. The van der Waals surface area contributed by atoms with Gasteiger partial charge < -0.3 is 4.90 Å². The van der Waals surface area contributed by atoms with E-state index in [1.807, 2.05) is 29.3 Å². The summed E-state index contributed by atoms with van der Waals surface area (Å²) in [7, 11) is 0. The highest BCUT2D eigenvalue weighted by Gasteiger charge is 2.31. The molecule has 1 aliphatic heterocycles. The number of amides is 1. The first kappa shape index (κ1) is 17.3. The smallest absolute Gasteiger partial charge is 0.265 e. The fourth-order valence-electron chi connectivity index (χ4n) is 3.00. The van der Waals surface area contributed by atoms with Crippen molar-refractivity contribution >= 4 is 34.4 Å². The number of nitrogens with zero attached hydrogens (tertiary/aromatic N) is 2. The van der Waals surface area contributed by atoms with E-state index in [1.54, 1.807) is 0 Å². The molecule has 24 heavy (non-hydrogen) atoms. The van der Waals surface area contributed by atoms with Gasteiger partial charge in [-0.25, -0.2) is 4.98 Å². The number of Topliss-reactive ketones (excluding diaryl/α,β-unsaturated/α-hetero) is 1. The molecule has 4 nitrogen and oxygen atoms in total. The number of ketones is 1. The number of piperidine rings is 1. The molecule has 1 saturated heterocycles. The second-order valence-corrected chi connectivity index (χ2v) is 8.53. The Bertz CT molecular complexity index is 734. The minimum absolute atomic E-state index is 0.0283. The fraction of sp³-hybridized carbons (Fsp3) is 0.500. The molecule has 0 spiro atoms. The summed E-state index contributed by atoms with van der Waals surface area (Å²) in [6.07, 6.45) is 1.74. The normalized spacial score (nSPS) is 18.2. The van der Waals surface area contributed by atoms with Crippen molar-refractivity contribution in [3.63, 3.8) is 0 Å². The van der Waals surface area contributed by atoms with Gasteiger partial charge in [0.25, 0.3) is 5.91 Å². The van der Waals surface area contributed by atoms with Gasteiger partial charge in [-0.1, -0.05) is 19.9 Å². The van der Waals surface area contributed by atoms with Crippen LogP contribution in [-0.2, 0) is 0 Å². The first-order chi connectivity index (χ1) is 11.5. The molecule has 1 unspecified atom stereocenters. The number of hydrogen-bond donors (Lipinski definition) is 0. The Morgan fingerprint density at radius 3 is 2.79 bits per heavy atom. The zero-order chi connectivity index (χ0) is 17.3. The monoisotopic (exact) mass is 362 g/mol. The van der Waals surface area contributed by atoms with Crippen molar-refractivity contribution in [3.8, 4) is 0 Å². The molecule has 0 radical (unpaired) electrons. The first-order valence-electron chi connectivity index (χ1n) is 8.31. The Morgan fingerprint density at radius 2 is 2.17 bits per heavy atom. The van der Waals surface area contributed by atoms with Crippen molar-refractivity contribution in [2.75, 3.05) is 13.1 Å². The van der Waals surface area contributed by atoms with E-state index in [0.29, 0.717) is 12.5 Å². The van der Waals surface area contributed by atoms with E-state index in [9.17, 15) is 9.59 Å². The predicted molar refractivity (Wildman–Crippen MR) is 98.2 cm³/mol. The van der Waals surface area contributed by atoms with Crippen LogP contribution in [0.25, 0.3) is 0 Å². The predicted octanol–water partition coefficient (Wildman–Crippen LogP) is 4.37. The summed E-state index contributed by atoms with van der Waals surface area (Å²) >= 11 is 2.97. The van der Waals surface area contributed by atoms with E-state index in [0.717, 1.165) is 39.8 Å². The van der Waals surface area contributed by atoms with E-state index in [1.165, 1.54) is 22.7 Å². The van der Waals surface area contributed by atoms with Crippen LogP contribution in [0.5, 0.6) is 0 Å². The first-order valence-corrected chi connectivity index (χ1v) is 10.0. The van der Waals surface area contributed by atoms with E-state index in [4.69, 9.17) is 0 Å². The SMILES string of the molecule is Cc1nc(C(C)C)sc1C(=O)N1CCCC(C(=O)c2cccs2)C1. The summed E-state index contributed by atoms with van der Waals surface area (Å²) in [5, 5.41) is 2.92. The van der Waals surface area contributed by atoms with Gasteiger partial charge in [-0.3, -0.25) is 9.59 Å². The van der Waals surface area contributed by atoms with E-state index in [-0.39, 0.29) is 17.6 Å². The molecular formula is C18H22N2O2S2. The number of carbonyl (C=O) groups excluding carboxylic acids is 2. The van der Waals surface area contributed by atoms with Crippen LogP contribution >= 0.6 is 22.7 Å². The van der Waals surface area contributed by atoms with Crippen molar-refractivity contribution in [2.45, 2.75) is 39.5 Å².